The monoisotopic (exact) mass is 262 g/mol. The number of rotatable bonds is 2. The third-order valence-electron chi connectivity index (χ3n) is 4.40. The molecule has 1 N–H and O–H groups in total. The molecule has 3 nitrogen and oxygen atoms in total. The molecule has 1 aliphatic rings. The summed E-state index contributed by atoms with van der Waals surface area (Å²) in [4.78, 5) is 11.4. The van der Waals surface area contributed by atoms with E-state index in [4.69, 9.17) is 4.74 Å². The van der Waals surface area contributed by atoms with Crippen molar-refractivity contribution in [3.8, 4) is 5.75 Å². The van der Waals surface area contributed by atoms with Crippen molar-refractivity contribution in [3.05, 3.63) is 28.8 Å². The standard InChI is InChI=1S/C16H22O3/c1-15(2)6-7-16(3,4)12-9-13(19-5)10(14(17)18)8-11(12)15/h8-9H,6-7H2,1-5H3,(H,17,18). The number of carbonyl (C=O) groups is 1. The molecule has 2 rings (SSSR count). The summed E-state index contributed by atoms with van der Waals surface area (Å²) >= 11 is 0. The Morgan fingerprint density at radius 2 is 1.58 bits per heavy atom. The number of methoxy groups -OCH3 is 1. The average Bonchev–Trinajstić information content (AvgIpc) is 2.33. The summed E-state index contributed by atoms with van der Waals surface area (Å²) in [7, 11) is 1.52. The maximum Gasteiger partial charge on any atom is 0.339 e. The fourth-order valence-corrected chi connectivity index (χ4v) is 2.93. The van der Waals surface area contributed by atoms with Crippen molar-refractivity contribution in [2.75, 3.05) is 7.11 Å². The first-order chi connectivity index (χ1) is 8.69. The fourth-order valence-electron chi connectivity index (χ4n) is 2.93. The van der Waals surface area contributed by atoms with E-state index in [0.717, 1.165) is 18.4 Å². The molecule has 1 aliphatic carbocycles. The van der Waals surface area contributed by atoms with Gasteiger partial charge in [0.05, 0.1) is 7.11 Å². The van der Waals surface area contributed by atoms with Crippen LogP contribution in [0.25, 0.3) is 0 Å². The van der Waals surface area contributed by atoms with Crippen LogP contribution in [-0.2, 0) is 10.8 Å². The molecule has 0 fully saturated rings. The molecule has 0 saturated heterocycles. The molecule has 0 radical (unpaired) electrons. The summed E-state index contributed by atoms with van der Waals surface area (Å²) in [5.41, 5.74) is 2.69. The maximum atomic E-state index is 11.4. The lowest BCUT2D eigenvalue weighted by molar-refractivity contribution is 0.0693. The SMILES string of the molecule is COc1cc2c(cc1C(=O)O)C(C)(C)CCC2(C)C. The number of carboxylic acid groups (broad SMARTS) is 1. The number of fused-ring (bicyclic) bond motifs is 1. The van der Waals surface area contributed by atoms with Gasteiger partial charge >= 0.3 is 5.97 Å². The Hall–Kier alpha value is -1.51. The molecule has 0 aromatic heterocycles. The van der Waals surface area contributed by atoms with E-state index in [-0.39, 0.29) is 16.4 Å². The number of aromatic carboxylic acids is 1. The molecule has 104 valence electrons. The Balaban J connectivity index is 2.74. The van der Waals surface area contributed by atoms with E-state index in [2.05, 4.69) is 27.7 Å². The van der Waals surface area contributed by atoms with Crippen LogP contribution >= 0.6 is 0 Å². The van der Waals surface area contributed by atoms with Gasteiger partial charge in [-0.1, -0.05) is 27.7 Å². The molecule has 0 heterocycles. The fraction of sp³-hybridized carbons (Fsp3) is 0.562. The highest BCUT2D eigenvalue weighted by atomic mass is 16.5. The van der Waals surface area contributed by atoms with Crippen LogP contribution in [0.1, 0.15) is 62.0 Å². The van der Waals surface area contributed by atoms with E-state index in [1.807, 2.05) is 6.07 Å². The van der Waals surface area contributed by atoms with E-state index in [9.17, 15) is 9.90 Å². The molecule has 0 unspecified atom stereocenters. The Bertz CT molecular complexity index is 527. The summed E-state index contributed by atoms with van der Waals surface area (Å²) in [5.74, 6) is -0.476. The van der Waals surface area contributed by atoms with Gasteiger partial charge in [-0.2, -0.15) is 0 Å². The number of hydrogen-bond acceptors (Lipinski definition) is 2. The minimum absolute atomic E-state index is 0.0152. The Morgan fingerprint density at radius 3 is 2.00 bits per heavy atom. The normalized spacial score (nSPS) is 19.6. The minimum Gasteiger partial charge on any atom is -0.496 e. The van der Waals surface area contributed by atoms with Crippen molar-refractivity contribution >= 4 is 5.97 Å². The second-order valence-corrected chi connectivity index (χ2v) is 6.67. The highest BCUT2D eigenvalue weighted by molar-refractivity contribution is 5.91. The van der Waals surface area contributed by atoms with Gasteiger partial charge in [0.15, 0.2) is 0 Å². The molecule has 1 aromatic carbocycles. The van der Waals surface area contributed by atoms with Crippen LogP contribution in [0.4, 0.5) is 0 Å². The highest BCUT2D eigenvalue weighted by Gasteiger charge is 2.38. The Kier molecular flexibility index (Phi) is 3.12. The van der Waals surface area contributed by atoms with Crippen LogP contribution in [0.15, 0.2) is 12.1 Å². The van der Waals surface area contributed by atoms with Crippen molar-refractivity contribution < 1.29 is 14.6 Å². The van der Waals surface area contributed by atoms with Crippen LogP contribution < -0.4 is 4.74 Å². The zero-order valence-corrected chi connectivity index (χ0v) is 12.3. The lowest BCUT2D eigenvalue weighted by Gasteiger charge is -2.42. The molecule has 0 amide bonds. The van der Waals surface area contributed by atoms with E-state index >= 15 is 0 Å². The van der Waals surface area contributed by atoms with E-state index < -0.39 is 5.97 Å². The van der Waals surface area contributed by atoms with E-state index in [0.29, 0.717) is 5.75 Å². The summed E-state index contributed by atoms with van der Waals surface area (Å²) in [6, 6.07) is 3.72. The van der Waals surface area contributed by atoms with Crippen molar-refractivity contribution in [2.24, 2.45) is 0 Å². The lowest BCUT2D eigenvalue weighted by atomic mass is 9.63. The largest absolute Gasteiger partial charge is 0.496 e. The van der Waals surface area contributed by atoms with Crippen molar-refractivity contribution in [2.45, 2.75) is 51.4 Å². The van der Waals surface area contributed by atoms with Gasteiger partial charge in [-0.25, -0.2) is 4.79 Å². The Morgan fingerprint density at radius 1 is 1.11 bits per heavy atom. The topological polar surface area (TPSA) is 46.5 Å². The number of ether oxygens (including phenoxy) is 1. The molecule has 1 aromatic rings. The molecule has 0 saturated carbocycles. The second-order valence-electron chi connectivity index (χ2n) is 6.67. The van der Waals surface area contributed by atoms with Crippen molar-refractivity contribution in [1.82, 2.24) is 0 Å². The van der Waals surface area contributed by atoms with Gasteiger partial charge in [0.25, 0.3) is 0 Å². The van der Waals surface area contributed by atoms with Gasteiger partial charge in [0.2, 0.25) is 0 Å². The van der Waals surface area contributed by atoms with Crippen LogP contribution in [0.3, 0.4) is 0 Å². The molecule has 0 aliphatic heterocycles. The third-order valence-corrected chi connectivity index (χ3v) is 4.40. The van der Waals surface area contributed by atoms with Crippen LogP contribution in [0.5, 0.6) is 5.75 Å². The molecular weight excluding hydrogens is 240 g/mol. The van der Waals surface area contributed by atoms with Gasteiger partial charge in [0.1, 0.15) is 11.3 Å². The number of hydrogen-bond donors (Lipinski definition) is 1. The number of carboxylic acids is 1. The van der Waals surface area contributed by atoms with Gasteiger partial charge < -0.3 is 9.84 Å². The molecule has 0 atom stereocenters. The maximum absolute atomic E-state index is 11.4. The minimum atomic E-state index is -0.932. The molecule has 19 heavy (non-hydrogen) atoms. The van der Waals surface area contributed by atoms with Crippen LogP contribution in [0.2, 0.25) is 0 Å². The summed E-state index contributed by atoms with van der Waals surface area (Å²) in [5, 5.41) is 9.32. The first kappa shape index (κ1) is 13.9. The molecule has 0 spiro atoms. The summed E-state index contributed by atoms with van der Waals surface area (Å²) in [6.07, 6.45) is 2.17. The second kappa shape index (κ2) is 4.26. The first-order valence-electron chi connectivity index (χ1n) is 6.65. The van der Waals surface area contributed by atoms with Gasteiger partial charge in [0, 0.05) is 0 Å². The zero-order valence-electron chi connectivity index (χ0n) is 12.3. The average molecular weight is 262 g/mol. The smallest absolute Gasteiger partial charge is 0.339 e. The third kappa shape index (κ3) is 2.22. The van der Waals surface area contributed by atoms with E-state index in [1.54, 1.807) is 6.07 Å². The summed E-state index contributed by atoms with van der Waals surface area (Å²) < 4.78 is 5.25. The number of benzene rings is 1. The summed E-state index contributed by atoms with van der Waals surface area (Å²) in [6.45, 7) is 8.78. The van der Waals surface area contributed by atoms with Crippen LogP contribution in [0, 0.1) is 0 Å². The predicted octanol–water partition coefficient (Wildman–Crippen LogP) is 3.74. The Labute approximate surface area is 114 Å². The van der Waals surface area contributed by atoms with Crippen LogP contribution in [-0.4, -0.2) is 18.2 Å². The molecule has 0 bridgehead atoms. The van der Waals surface area contributed by atoms with E-state index in [1.165, 1.54) is 12.7 Å². The van der Waals surface area contributed by atoms with Gasteiger partial charge in [-0.3, -0.25) is 0 Å². The lowest BCUT2D eigenvalue weighted by Crippen LogP contribution is -2.34. The van der Waals surface area contributed by atoms with Crippen molar-refractivity contribution in [1.29, 1.82) is 0 Å². The van der Waals surface area contributed by atoms with Gasteiger partial charge in [-0.15, -0.1) is 0 Å². The predicted molar refractivity (Wildman–Crippen MR) is 75.2 cm³/mol. The zero-order chi connectivity index (χ0) is 14.4. The molecule has 3 heteroatoms. The van der Waals surface area contributed by atoms with Gasteiger partial charge in [-0.05, 0) is 46.9 Å². The molecular formula is C16H22O3. The highest BCUT2D eigenvalue weighted by Crippen LogP contribution is 2.47. The first-order valence-corrected chi connectivity index (χ1v) is 6.65. The van der Waals surface area contributed by atoms with Crippen molar-refractivity contribution in [3.63, 3.8) is 0 Å². The quantitative estimate of drug-likeness (QED) is 0.883.